The summed E-state index contributed by atoms with van der Waals surface area (Å²) in [5.74, 6) is -0.313. The zero-order valence-electron chi connectivity index (χ0n) is 10.7. The molecule has 2 aromatic rings. The fourth-order valence-corrected chi connectivity index (χ4v) is 3.62. The first kappa shape index (κ1) is 14.0. The van der Waals surface area contributed by atoms with E-state index in [1.54, 1.807) is 24.5 Å². The molecule has 1 unspecified atom stereocenters. The second kappa shape index (κ2) is 5.13. The highest BCUT2D eigenvalue weighted by Gasteiger charge is 2.38. The number of nitrogens with two attached hydrogens (primary N) is 1. The molecule has 0 saturated carbocycles. The molecule has 21 heavy (non-hydrogen) atoms. The van der Waals surface area contributed by atoms with Gasteiger partial charge >= 0.3 is 0 Å². The van der Waals surface area contributed by atoms with Crippen molar-refractivity contribution in [1.29, 1.82) is 0 Å². The van der Waals surface area contributed by atoms with Gasteiger partial charge in [0.2, 0.25) is 21.1 Å². The quantitative estimate of drug-likeness (QED) is 0.848. The predicted octanol–water partition coefficient (Wildman–Crippen LogP) is -0.00610. The van der Waals surface area contributed by atoms with Crippen LogP contribution in [-0.4, -0.2) is 41.3 Å². The van der Waals surface area contributed by atoms with Crippen molar-refractivity contribution in [3.8, 4) is 10.6 Å². The molecule has 1 saturated heterocycles. The lowest BCUT2D eigenvalue weighted by Gasteiger charge is -2.10. The molecular formula is C11H11N5O3S2. The molecular weight excluding hydrogens is 314 g/mol. The normalized spacial score (nSPS) is 19.2. The first-order valence-electron chi connectivity index (χ1n) is 6.01. The van der Waals surface area contributed by atoms with Crippen LogP contribution in [0.5, 0.6) is 0 Å². The molecule has 0 aromatic carbocycles. The molecule has 1 fully saturated rings. The third-order valence-corrected chi connectivity index (χ3v) is 5.37. The lowest BCUT2D eigenvalue weighted by Crippen LogP contribution is -2.32. The topological polar surface area (TPSA) is 119 Å². The van der Waals surface area contributed by atoms with Crippen molar-refractivity contribution in [2.45, 2.75) is 11.7 Å². The average molecular weight is 325 g/mol. The van der Waals surface area contributed by atoms with E-state index in [-0.39, 0.29) is 18.9 Å². The molecule has 3 rings (SSSR count). The number of aromatic nitrogens is 3. The fourth-order valence-electron chi connectivity index (χ4n) is 2.02. The molecule has 1 aliphatic rings. The molecule has 110 valence electrons. The van der Waals surface area contributed by atoms with E-state index in [0.29, 0.717) is 10.1 Å². The molecule has 0 aliphatic carbocycles. The van der Waals surface area contributed by atoms with E-state index in [2.05, 4.69) is 15.2 Å². The van der Waals surface area contributed by atoms with Gasteiger partial charge in [-0.25, -0.2) is 13.6 Å². The Morgan fingerprint density at radius 3 is 2.62 bits per heavy atom. The number of hydrogen-bond donors (Lipinski definition) is 1. The van der Waals surface area contributed by atoms with Crippen LogP contribution in [0.15, 0.2) is 24.5 Å². The highest BCUT2D eigenvalue weighted by molar-refractivity contribution is 7.89. The summed E-state index contributed by atoms with van der Waals surface area (Å²) >= 11 is 1.22. The monoisotopic (exact) mass is 325 g/mol. The van der Waals surface area contributed by atoms with Crippen LogP contribution in [0.3, 0.4) is 0 Å². The van der Waals surface area contributed by atoms with E-state index in [9.17, 15) is 13.2 Å². The number of pyridine rings is 1. The van der Waals surface area contributed by atoms with Gasteiger partial charge in [-0.05, 0) is 12.1 Å². The molecule has 10 heteroatoms. The maximum absolute atomic E-state index is 11.9. The van der Waals surface area contributed by atoms with Crippen LogP contribution in [0, 0.1) is 0 Å². The molecule has 0 bridgehead atoms. The van der Waals surface area contributed by atoms with Crippen molar-refractivity contribution < 1.29 is 13.2 Å². The summed E-state index contributed by atoms with van der Waals surface area (Å²) in [7, 11) is -3.74. The summed E-state index contributed by atoms with van der Waals surface area (Å²) in [5, 5.41) is 13.2. The van der Waals surface area contributed by atoms with Crippen molar-refractivity contribution in [3.05, 3.63) is 24.5 Å². The van der Waals surface area contributed by atoms with Gasteiger partial charge in [-0.1, -0.05) is 11.3 Å². The van der Waals surface area contributed by atoms with E-state index in [0.717, 1.165) is 5.56 Å². The van der Waals surface area contributed by atoms with Crippen molar-refractivity contribution in [2.24, 2.45) is 5.14 Å². The Labute approximate surface area is 124 Å². The maximum atomic E-state index is 11.9. The minimum absolute atomic E-state index is 0.0165. The van der Waals surface area contributed by atoms with Gasteiger partial charge in [-0.3, -0.25) is 14.7 Å². The van der Waals surface area contributed by atoms with Crippen molar-refractivity contribution in [1.82, 2.24) is 15.2 Å². The van der Waals surface area contributed by atoms with Gasteiger partial charge in [0.1, 0.15) is 10.3 Å². The van der Waals surface area contributed by atoms with Crippen LogP contribution in [0.4, 0.5) is 5.13 Å². The van der Waals surface area contributed by atoms with Gasteiger partial charge in [0.25, 0.3) is 0 Å². The van der Waals surface area contributed by atoms with Crippen LogP contribution in [0.1, 0.15) is 6.42 Å². The summed E-state index contributed by atoms with van der Waals surface area (Å²) in [6.45, 7) is 0.0165. The molecule has 0 spiro atoms. The molecule has 1 aliphatic heterocycles. The number of amides is 1. The first-order chi connectivity index (χ1) is 9.95. The average Bonchev–Trinajstić information content (AvgIpc) is 3.05. The summed E-state index contributed by atoms with van der Waals surface area (Å²) in [5.41, 5.74) is 0.836. The van der Waals surface area contributed by atoms with Crippen molar-refractivity contribution >= 4 is 32.4 Å². The van der Waals surface area contributed by atoms with Crippen LogP contribution in [0.2, 0.25) is 0 Å². The number of nitrogens with zero attached hydrogens (tertiary/aromatic N) is 4. The molecule has 8 nitrogen and oxygen atoms in total. The molecule has 2 aromatic heterocycles. The molecule has 0 radical (unpaired) electrons. The van der Waals surface area contributed by atoms with Crippen molar-refractivity contribution in [2.75, 3.05) is 11.4 Å². The van der Waals surface area contributed by atoms with E-state index in [1.165, 1.54) is 16.2 Å². The van der Waals surface area contributed by atoms with Gasteiger partial charge in [0.05, 0.1) is 0 Å². The molecule has 1 amide bonds. The number of rotatable bonds is 3. The fraction of sp³-hybridized carbons (Fsp3) is 0.273. The highest BCUT2D eigenvalue weighted by atomic mass is 32.2. The molecule has 1 atom stereocenters. The summed E-state index contributed by atoms with van der Waals surface area (Å²) in [4.78, 5) is 17.1. The molecule has 2 N–H and O–H groups in total. The Bertz CT molecular complexity index is 774. The Hall–Kier alpha value is -1.91. The number of carbonyl (C=O) groups excluding carboxylic acids is 1. The largest absolute Gasteiger partial charge is 0.285 e. The maximum Gasteiger partial charge on any atom is 0.230 e. The number of sulfonamides is 1. The standard InChI is InChI=1S/C11H11N5O3S2/c12-21(18,19)8-5-9(17)16(6-8)11-15-14-10(20-11)7-1-3-13-4-2-7/h1-4,8H,5-6H2,(H2,12,18,19). The number of anilines is 1. The summed E-state index contributed by atoms with van der Waals surface area (Å²) < 4.78 is 22.7. The number of primary sulfonamides is 1. The van der Waals surface area contributed by atoms with Gasteiger partial charge in [-0.15, -0.1) is 10.2 Å². The number of hydrogen-bond acceptors (Lipinski definition) is 7. The smallest absolute Gasteiger partial charge is 0.230 e. The van der Waals surface area contributed by atoms with Crippen molar-refractivity contribution in [3.63, 3.8) is 0 Å². The van der Waals surface area contributed by atoms with Gasteiger partial charge < -0.3 is 0 Å². The van der Waals surface area contributed by atoms with Crippen LogP contribution in [0.25, 0.3) is 10.6 Å². The Balaban J connectivity index is 1.86. The lowest BCUT2D eigenvalue weighted by molar-refractivity contribution is -0.117. The SMILES string of the molecule is NS(=O)(=O)C1CC(=O)N(c2nnc(-c3ccncc3)s2)C1. The zero-order chi connectivity index (χ0) is 15.0. The van der Waals surface area contributed by atoms with Gasteiger partial charge in [0, 0.05) is 30.9 Å². The minimum Gasteiger partial charge on any atom is -0.285 e. The van der Waals surface area contributed by atoms with Gasteiger partial charge in [0.15, 0.2) is 0 Å². The second-order valence-electron chi connectivity index (χ2n) is 4.55. The number of carbonyl (C=O) groups is 1. The van der Waals surface area contributed by atoms with E-state index >= 15 is 0 Å². The summed E-state index contributed by atoms with van der Waals surface area (Å²) in [6, 6.07) is 3.56. The van der Waals surface area contributed by atoms with Crippen LogP contribution >= 0.6 is 11.3 Å². The van der Waals surface area contributed by atoms with E-state index in [4.69, 9.17) is 5.14 Å². The highest BCUT2D eigenvalue weighted by Crippen LogP contribution is 2.31. The lowest BCUT2D eigenvalue weighted by atomic mass is 10.3. The first-order valence-corrected chi connectivity index (χ1v) is 8.43. The second-order valence-corrected chi connectivity index (χ2v) is 7.35. The zero-order valence-corrected chi connectivity index (χ0v) is 12.3. The van der Waals surface area contributed by atoms with E-state index < -0.39 is 15.3 Å². The van der Waals surface area contributed by atoms with Crippen LogP contribution < -0.4 is 10.0 Å². The molecule has 3 heterocycles. The summed E-state index contributed by atoms with van der Waals surface area (Å²) in [6.07, 6.45) is 3.14. The predicted molar refractivity (Wildman–Crippen MR) is 77.0 cm³/mol. The Kier molecular flexibility index (Phi) is 3.43. The van der Waals surface area contributed by atoms with E-state index in [1.807, 2.05) is 0 Å². The Morgan fingerprint density at radius 1 is 1.29 bits per heavy atom. The van der Waals surface area contributed by atoms with Gasteiger partial charge in [-0.2, -0.15) is 0 Å². The minimum atomic E-state index is -3.74. The Morgan fingerprint density at radius 2 is 2.00 bits per heavy atom. The third-order valence-electron chi connectivity index (χ3n) is 3.13. The van der Waals surface area contributed by atoms with Crippen LogP contribution in [-0.2, 0) is 14.8 Å². The third kappa shape index (κ3) is 2.77.